The van der Waals surface area contributed by atoms with E-state index < -0.39 is 0 Å². The Morgan fingerprint density at radius 2 is 1.86 bits per heavy atom. The van der Waals surface area contributed by atoms with E-state index in [1.54, 1.807) is 4.90 Å². The van der Waals surface area contributed by atoms with Crippen molar-refractivity contribution in [1.29, 1.82) is 0 Å². The van der Waals surface area contributed by atoms with Crippen LogP contribution in [0.2, 0.25) is 5.02 Å². The second kappa shape index (κ2) is 6.16. The molecule has 1 N–H and O–H groups in total. The highest BCUT2D eigenvalue weighted by Crippen LogP contribution is 2.27. The van der Waals surface area contributed by atoms with Gasteiger partial charge in [-0.3, -0.25) is 9.69 Å². The van der Waals surface area contributed by atoms with Crippen molar-refractivity contribution in [2.45, 2.75) is 38.1 Å². The Balaban J connectivity index is 1.80. The number of benzene rings is 1. The van der Waals surface area contributed by atoms with Crippen molar-refractivity contribution in [3.8, 4) is 0 Å². The zero-order valence-corrected chi connectivity index (χ0v) is 13.2. The van der Waals surface area contributed by atoms with Crippen LogP contribution in [0.25, 0.3) is 6.08 Å². The van der Waals surface area contributed by atoms with Crippen LogP contribution in [0.1, 0.15) is 37.7 Å². The summed E-state index contributed by atoms with van der Waals surface area (Å²) in [5.74, 6) is -0.0122. The highest BCUT2D eigenvalue weighted by molar-refractivity contribution is 7.80. The SMILES string of the molecule is O=C1/C(=C/c2ccc(Cl)cc2)NC(=S)N1C1CCCCC1. The zero-order valence-electron chi connectivity index (χ0n) is 11.6. The number of thiocarbonyl (C=S) groups is 1. The maximum absolute atomic E-state index is 12.6. The first-order valence-corrected chi connectivity index (χ1v) is 8.05. The van der Waals surface area contributed by atoms with Gasteiger partial charge in [-0.2, -0.15) is 0 Å². The standard InChI is InChI=1S/C16H17ClN2OS/c17-12-8-6-11(7-9-12)10-14-15(20)19(16(21)18-14)13-4-2-1-3-5-13/h6-10,13H,1-5H2,(H,18,21)/b14-10-. The summed E-state index contributed by atoms with van der Waals surface area (Å²) >= 11 is 11.2. The number of hydrogen-bond donors (Lipinski definition) is 1. The molecule has 2 aliphatic rings. The van der Waals surface area contributed by atoms with Crippen molar-refractivity contribution < 1.29 is 4.79 Å². The van der Waals surface area contributed by atoms with Crippen LogP contribution in [0.3, 0.4) is 0 Å². The molecule has 1 amide bonds. The number of amides is 1. The number of carbonyl (C=O) groups is 1. The fourth-order valence-electron chi connectivity index (χ4n) is 2.95. The van der Waals surface area contributed by atoms with Gasteiger partial charge in [0.15, 0.2) is 5.11 Å². The maximum atomic E-state index is 12.6. The molecule has 1 saturated heterocycles. The number of nitrogens with zero attached hydrogens (tertiary/aromatic N) is 1. The van der Waals surface area contributed by atoms with E-state index in [0.29, 0.717) is 15.8 Å². The summed E-state index contributed by atoms with van der Waals surface area (Å²) in [4.78, 5) is 14.3. The fraction of sp³-hybridized carbons (Fsp3) is 0.375. The lowest BCUT2D eigenvalue weighted by Gasteiger charge is -2.29. The van der Waals surface area contributed by atoms with Gasteiger partial charge >= 0.3 is 0 Å². The third-order valence-electron chi connectivity index (χ3n) is 4.03. The third-order valence-corrected chi connectivity index (χ3v) is 4.58. The molecule has 0 atom stereocenters. The smallest absolute Gasteiger partial charge is 0.276 e. The molecule has 1 aliphatic carbocycles. The van der Waals surface area contributed by atoms with Gasteiger partial charge in [-0.1, -0.05) is 43.0 Å². The van der Waals surface area contributed by atoms with Gasteiger partial charge in [0.2, 0.25) is 0 Å². The molecule has 0 unspecified atom stereocenters. The molecule has 21 heavy (non-hydrogen) atoms. The van der Waals surface area contributed by atoms with E-state index in [1.165, 1.54) is 19.3 Å². The van der Waals surface area contributed by atoms with Crippen LogP contribution < -0.4 is 5.32 Å². The number of carbonyl (C=O) groups excluding carboxylic acids is 1. The van der Waals surface area contributed by atoms with Crippen LogP contribution in [-0.2, 0) is 4.79 Å². The summed E-state index contributed by atoms with van der Waals surface area (Å²) in [5, 5.41) is 4.27. The zero-order chi connectivity index (χ0) is 14.8. The van der Waals surface area contributed by atoms with E-state index in [4.69, 9.17) is 23.8 Å². The second-order valence-corrected chi connectivity index (χ2v) is 6.33. The molecule has 1 aliphatic heterocycles. The molecule has 5 heteroatoms. The summed E-state index contributed by atoms with van der Waals surface area (Å²) in [6.07, 6.45) is 7.52. The number of rotatable bonds is 2. The third kappa shape index (κ3) is 3.11. The summed E-state index contributed by atoms with van der Waals surface area (Å²) in [6, 6.07) is 7.64. The van der Waals surface area contributed by atoms with Crippen molar-refractivity contribution in [2.24, 2.45) is 0 Å². The Kier molecular flexibility index (Phi) is 4.27. The highest BCUT2D eigenvalue weighted by atomic mass is 35.5. The summed E-state index contributed by atoms with van der Waals surface area (Å²) in [5.41, 5.74) is 1.48. The second-order valence-electron chi connectivity index (χ2n) is 5.51. The van der Waals surface area contributed by atoms with E-state index in [9.17, 15) is 4.79 Å². The minimum Gasteiger partial charge on any atom is -0.328 e. The van der Waals surface area contributed by atoms with Gasteiger partial charge in [0.05, 0.1) is 0 Å². The average molecular weight is 321 g/mol. The Morgan fingerprint density at radius 1 is 1.19 bits per heavy atom. The predicted molar refractivity (Wildman–Crippen MR) is 88.9 cm³/mol. The summed E-state index contributed by atoms with van der Waals surface area (Å²) in [6.45, 7) is 0. The van der Waals surface area contributed by atoms with Gasteiger partial charge in [-0.25, -0.2) is 0 Å². The molecule has 1 saturated carbocycles. The predicted octanol–water partition coefficient (Wildman–Crippen LogP) is 3.73. The Morgan fingerprint density at radius 3 is 2.52 bits per heavy atom. The summed E-state index contributed by atoms with van der Waals surface area (Å²) in [7, 11) is 0. The molecule has 3 nitrogen and oxygen atoms in total. The molecular weight excluding hydrogens is 304 g/mol. The molecule has 110 valence electrons. The van der Waals surface area contributed by atoms with Gasteiger partial charge in [0.1, 0.15) is 5.70 Å². The van der Waals surface area contributed by atoms with Crippen molar-refractivity contribution in [1.82, 2.24) is 10.2 Å². The first-order chi connectivity index (χ1) is 10.1. The molecular formula is C16H17ClN2OS. The van der Waals surface area contributed by atoms with Gasteiger partial charge in [0.25, 0.3) is 5.91 Å². The van der Waals surface area contributed by atoms with Crippen LogP contribution in [-0.4, -0.2) is 22.0 Å². The minimum atomic E-state index is -0.0122. The molecule has 0 bridgehead atoms. The number of hydrogen-bond acceptors (Lipinski definition) is 2. The van der Waals surface area contributed by atoms with Gasteiger partial charge in [-0.15, -0.1) is 0 Å². The van der Waals surface area contributed by atoms with E-state index in [1.807, 2.05) is 30.3 Å². The highest BCUT2D eigenvalue weighted by Gasteiger charge is 2.36. The Bertz CT molecular complexity index is 591. The van der Waals surface area contributed by atoms with Gasteiger partial charge in [-0.05, 0) is 48.8 Å². The van der Waals surface area contributed by atoms with Crippen molar-refractivity contribution >= 4 is 40.9 Å². The van der Waals surface area contributed by atoms with Crippen LogP contribution in [0.15, 0.2) is 30.0 Å². The lowest BCUT2D eigenvalue weighted by molar-refractivity contribution is -0.124. The topological polar surface area (TPSA) is 32.3 Å². The quantitative estimate of drug-likeness (QED) is 0.665. The fourth-order valence-corrected chi connectivity index (χ4v) is 3.41. The Hall–Kier alpha value is -1.39. The van der Waals surface area contributed by atoms with Crippen LogP contribution in [0.5, 0.6) is 0 Å². The lowest BCUT2D eigenvalue weighted by Crippen LogP contribution is -2.41. The number of halogens is 1. The normalized spacial score (nSPS) is 22.0. The number of nitrogens with one attached hydrogen (secondary N) is 1. The van der Waals surface area contributed by atoms with E-state index in [-0.39, 0.29) is 11.9 Å². The molecule has 3 rings (SSSR count). The molecule has 1 aromatic rings. The van der Waals surface area contributed by atoms with E-state index in [0.717, 1.165) is 18.4 Å². The molecule has 0 aromatic heterocycles. The first kappa shape index (κ1) is 14.5. The van der Waals surface area contributed by atoms with Crippen molar-refractivity contribution in [3.05, 3.63) is 40.5 Å². The van der Waals surface area contributed by atoms with Gasteiger partial charge in [0, 0.05) is 11.1 Å². The summed E-state index contributed by atoms with van der Waals surface area (Å²) < 4.78 is 0. The molecule has 1 heterocycles. The lowest BCUT2D eigenvalue weighted by atomic mass is 9.94. The van der Waals surface area contributed by atoms with Crippen LogP contribution >= 0.6 is 23.8 Å². The monoisotopic (exact) mass is 320 g/mol. The molecule has 0 radical (unpaired) electrons. The minimum absolute atomic E-state index is 0.0122. The average Bonchev–Trinajstić information content (AvgIpc) is 2.77. The van der Waals surface area contributed by atoms with Crippen LogP contribution in [0.4, 0.5) is 0 Å². The van der Waals surface area contributed by atoms with Crippen molar-refractivity contribution in [2.75, 3.05) is 0 Å². The van der Waals surface area contributed by atoms with Gasteiger partial charge < -0.3 is 5.32 Å². The van der Waals surface area contributed by atoms with Crippen molar-refractivity contribution in [3.63, 3.8) is 0 Å². The molecule has 1 aromatic carbocycles. The largest absolute Gasteiger partial charge is 0.328 e. The molecule has 2 fully saturated rings. The molecule has 0 spiro atoms. The van der Waals surface area contributed by atoms with Crippen LogP contribution in [0, 0.1) is 0 Å². The maximum Gasteiger partial charge on any atom is 0.276 e. The van der Waals surface area contributed by atoms with E-state index >= 15 is 0 Å². The Labute approximate surface area is 135 Å². The van der Waals surface area contributed by atoms with E-state index in [2.05, 4.69) is 5.32 Å². The first-order valence-electron chi connectivity index (χ1n) is 7.27.